The van der Waals surface area contributed by atoms with E-state index in [9.17, 15) is 0 Å². The smallest absolute Gasteiger partial charge is 0.140 e. The van der Waals surface area contributed by atoms with Crippen LogP contribution in [0.3, 0.4) is 0 Å². The van der Waals surface area contributed by atoms with Crippen molar-refractivity contribution >= 4 is 33.3 Å². The van der Waals surface area contributed by atoms with Gasteiger partial charge >= 0.3 is 0 Å². The molecule has 17 heavy (non-hydrogen) atoms. The van der Waals surface area contributed by atoms with Gasteiger partial charge in [-0.2, -0.15) is 0 Å². The fourth-order valence-corrected chi connectivity index (χ4v) is 2.31. The first-order valence-corrected chi connectivity index (χ1v) is 6.43. The van der Waals surface area contributed by atoms with E-state index in [4.69, 9.17) is 11.6 Å². The molecule has 1 heterocycles. The number of hydrogen-bond acceptors (Lipinski definition) is 2. The number of aryl methyl sites for hydroxylation is 1. The Hall–Kier alpha value is -1.06. The minimum Gasteiger partial charge on any atom is -0.365 e. The van der Waals surface area contributed by atoms with Crippen LogP contribution in [0.15, 0.2) is 41.0 Å². The van der Waals surface area contributed by atoms with Gasteiger partial charge in [0.1, 0.15) is 5.82 Å². The molecule has 1 aromatic carbocycles. The van der Waals surface area contributed by atoms with E-state index in [2.05, 4.69) is 45.3 Å². The summed E-state index contributed by atoms with van der Waals surface area (Å²) < 4.78 is 0.874. The zero-order valence-electron chi connectivity index (χ0n) is 9.37. The molecule has 4 heteroatoms. The lowest BCUT2D eigenvalue weighted by atomic mass is 10.1. The van der Waals surface area contributed by atoms with E-state index in [0.717, 1.165) is 16.8 Å². The number of benzene rings is 1. The molecular weight excluding hydrogens is 300 g/mol. The minimum atomic E-state index is 0.623. The number of aromatic nitrogens is 1. The Labute approximate surface area is 114 Å². The van der Waals surface area contributed by atoms with Gasteiger partial charge < -0.3 is 5.32 Å². The Morgan fingerprint density at radius 2 is 2.12 bits per heavy atom. The van der Waals surface area contributed by atoms with Crippen LogP contribution in [0.25, 0.3) is 0 Å². The quantitative estimate of drug-likeness (QED) is 0.907. The summed E-state index contributed by atoms with van der Waals surface area (Å²) in [6, 6.07) is 10.1. The highest BCUT2D eigenvalue weighted by Crippen LogP contribution is 2.23. The van der Waals surface area contributed by atoms with E-state index >= 15 is 0 Å². The lowest BCUT2D eigenvalue weighted by molar-refractivity contribution is 1.08. The number of nitrogens with one attached hydrogen (secondary N) is 1. The molecule has 1 aromatic heterocycles. The average Bonchev–Trinajstić information content (AvgIpc) is 2.30. The van der Waals surface area contributed by atoms with Crippen molar-refractivity contribution in [2.45, 2.75) is 13.5 Å². The van der Waals surface area contributed by atoms with Gasteiger partial charge in [0.05, 0.1) is 9.50 Å². The molecule has 0 fully saturated rings. The van der Waals surface area contributed by atoms with Crippen LogP contribution in [-0.2, 0) is 6.54 Å². The van der Waals surface area contributed by atoms with Gasteiger partial charge in [-0.25, -0.2) is 4.98 Å². The number of halogens is 2. The molecule has 0 saturated carbocycles. The van der Waals surface area contributed by atoms with Crippen molar-refractivity contribution < 1.29 is 0 Å². The highest BCUT2D eigenvalue weighted by atomic mass is 79.9. The van der Waals surface area contributed by atoms with Gasteiger partial charge in [-0.15, -0.1) is 0 Å². The Morgan fingerprint density at radius 3 is 2.82 bits per heavy atom. The normalized spacial score (nSPS) is 10.3. The summed E-state index contributed by atoms with van der Waals surface area (Å²) in [7, 11) is 0. The van der Waals surface area contributed by atoms with Crippen molar-refractivity contribution in [3.05, 3.63) is 57.2 Å². The maximum atomic E-state index is 5.84. The van der Waals surface area contributed by atoms with Crippen molar-refractivity contribution in [2.24, 2.45) is 0 Å². The minimum absolute atomic E-state index is 0.623. The Kier molecular flexibility index (Phi) is 4.02. The molecule has 0 saturated heterocycles. The van der Waals surface area contributed by atoms with Crippen molar-refractivity contribution in [3.8, 4) is 0 Å². The van der Waals surface area contributed by atoms with Crippen LogP contribution in [-0.4, -0.2) is 4.98 Å². The van der Waals surface area contributed by atoms with Crippen LogP contribution in [0.2, 0.25) is 5.02 Å². The first-order valence-electron chi connectivity index (χ1n) is 5.26. The average molecular weight is 312 g/mol. The topological polar surface area (TPSA) is 24.9 Å². The number of nitrogens with zero attached hydrogens (tertiary/aromatic N) is 1. The fourth-order valence-electron chi connectivity index (χ4n) is 1.53. The number of pyridine rings is 1. The van der Waals surface area contributed by atoms with Crippen molar-refractivity contribution in [3.63, 3.8) is 0 Å². The van der Waals surface area contributed by atoms with E-state index in [0.29, 0.717) is 5.02 Å². The summed E-state index contributed by atoms with van der Waals surface area (Å²) in [5.41, 5.74) is 2.53. The number of hydrogen-bond donors (Lipinski definition) is 1. The largest absolute Gasteiger partial charge is 0.365 e. The number of anilines is 1. The predicted molar refractivity (Wildman–Crippen MR) is 75.5 cm³/mol. The molecule has 0 unspecified atom stereocenters. The summed E-state index contributed by atoms with van der Waals surface area (Å²) in [5.74, 6) is 0.803. The van der Waals surface area contributed by atoms with Crippen LogP contribution in [0, 0.1) is 6.92 Å². The molecule has 0 aliphatic rings. The molecule has 0 spiro atoms. The van der Waals surface area contributed by atoms with Crippen LogP contribution in [0.4, 0.5) is 5.82 Å². The van der Waals surface area contributed by atoms with E-state index in [-0.39, 0.29) is 0 Å². The lowest BCUT2D eigenvalue weighted by Crippen LogP contribution is -2.03. The van der Waals surface area contributed by atoms with Gasteiger partial charge in [0.15, 0.2) is 0 Å². The third kappa shape index (κ3) is 3.20. The third-order valence-corrected chi connectivity index (χ3v) is 3.33. The van der Waals surface area contributed by atoms with Gasteiger partial charge in [-0.3, -0.25) is 0 Å². The van der Waals surface area contributed by atoms with Crippen LogP contribution < -0.4 is 5.32 Å². The van der Waals surface area contributed by atoms with Crippen molar-refractivity contribution in [1.82, 2.24) is 4.98 Å². The first-order chi connectivity index (χ1) is 8.16. The zero-order valence-corrected chi connectivity index (χ0v) is 11.7. The van der Waals surface area contributed by atoms with Crippen LogP contribution >= 0.6 is 27.5 Å². The maximum Gasteiger partial charge on any atom is 0.140 e. The van der Waals surface area contributed by atoms with Crippen LogP contribution in [0.5, 0.6) is 0 Å². The standard InChI is InChI=1S/C13H12BrClN2/c1-9-4-2-3-5-10(9)7-16-13-12(14)6-11(15)8-17-13/h2-6,8H,7H2,1H3,(H,16,17). The molecule has 88 valence electrons. The second kappa shape index (κ2) is 5.52. The van der Waals surface area contributed by atoms with Crippen molar-refractivity contribution in [1.29, 1.82) is 0 Å². The Balaban J connectivity index is 2.10. The molecule has 0 amide bonds. The molecule has 2 nitrogen and oxygen atoms in total. The second-order valence-electron chi connectivity index (χ2n) is 3.76. The van der Waals surface area contributed by atoms with E-state index < -0.39 is 0 Å². The van der Waals surface area contributed by atoms with Gasteiger partial charge in [-0.1, -0.05) is 35.9 Å². The molecule has 0 bridgehead atoms. The Morgan fingerprint density at radius 1 is 1.35 bits per heavy atom. The fraction of sp³-hybridized carbons (Fsp3) is 0.154. The second-order valence-corrected chi connectivity index (χ2v) is 5.05. The lowest BCUT2D eigenvalue weighted by Gasteiger charge is -2.09. The SMILES string of the molecule is Cc1ccccc1CNc1ncc(Cl)cc1Br. The molecule has 0 radical (unpaired) electrons. The van der Waals surface area contributed by atoms with E-state index in [1.165, 1.54) is 11.1 Å². The summed E-state index contributed by atoms with van der Waals surface area (Å²) in [6.07, 6.45) is 1.63. The summed E-state index contributed by atoms with van der Waals surface area (Å²) in [5, 5.41) is 3.90. The summed E-state index contributed by atoms with van der Waals surface area (Å²) >= 11 is 9.27. The first kappa shape index (κ1) is 12.4. The number of rotatable bonds is 3. The molecule has 0 aliphatic carbocycles. The summed E-state index contributed by atoms with van der Waals surface area (Å²) in [6.45, 7) is 2.85. The van der Waals surface area contributed by atoms with E-state index in [1.807, 2.05) is 18.2 Å². The molecule has 1 N–H and O–H groups in total. The highest BCUT2D eigenvalue weighted by Gasteiger charge is 2.03. The zero-order chi connectivity index (χ0) is 12.3. The summed E-state index contributed by atoms with van der Waals surface area (Å²) in [4.78, 5) is 4.23. The van der Waals surface area contributed by atoms with Gasteiger partial charge in [0.25, 0.3) is 0 Å². The highest BCUT2D eigenvalue weighted by molar-refractivity contribution is 9.10. The molecule has 2 rings (SSSR count). The van der Waals surface area contributed by atoms with E-state index in [1.54, 1.807) is 6.20 Å². The maximum absolute atomic E-state index is 5.84. The van der Waals surface area contributed by atoms with Gasteiger partial charge in [0.2, 0.25) is 0 Å². The third-order valence-electron chi connectivity index (χ3n) is 2.52. The monoisotopic (exact) mass is 310 g/mol. The van der Waals surface area contributed by atoms with Crippen LogP contribution in [0.1, 0.15) is 11.1 Å². The Bertz CT molecular complexity index is 529. The molecule has 0 aliphatic heterocycles. The molecule has 2 aromatic rings. The molecule has 0 atom stereocenters. The van der Waals surface area contributed by atoms with Crippen molar-refractivity contribution in [2.75, 3.05) is 5.32 Å². The predicted octanol–water partition coefficient (Wildman–Crippen LogP) is 4.42. The van der Waals surface area contributed by atoms with Gasteiger partial charge in [-0.05, 0) is 40.0 Å². The van der Waals surface area contributed by atoms with Gasteiger partial charge in [0, 0.05) is 12.7 Å². The molecular formula is C13H12BrClN2.